The minimum absolute atomic E-state index is 0.256. The van der Waals surface area contributed by atoms with Gasteiger partial charge in [-0.1, -0.05) is 41.9 Å². The average Bonchev–Trinajstić information content (AvgIpc) is 2.54. The highest BCUT2D eigenvalue weighted by Crippen LogP contribution is 2.25. The molecule has 0 saturated carbocycles. The van der Waals surface area contributed by atoms with E-state index in [0.29, 0.717) is 6.54 Å². The first-order valence-corrected chi connectivity index (χ1v) is 9.42. The third-order valence-electron chi connectivity index (χ3n) is 3.70. The maximum absolute atomic E-state index is 12.4. The molecule has 0 unspecified atom stereocenters. The van der Waals surface area contributed by atoms with Gasteiger partial charge in [-0.25, -0.2) is 13.1 Å². The third-order valence-corrected chi connectivity index (χ3v) is 5.65. The Hall–Kier alpha value is -1.37. The standard InChI is InChI=1S/C17H20BrNO3S/c1-17(2,13-4-8-15(22-3)9-5-13)12-19-23(20,21)16-10-6-14(18)7-11-16/h4-11,19H,12H2,1-3H3. The molecule has 0 aliphatic rings. The van der Waals surface area contributed by atoms with Crippen LogP contribution in [0.15, 0.2) is 57.9 Å². The van der Waals surface area contributed by atoms with E-state index < -0.39 is 10.0 Å². The van der Waals surface area contributed by atoms with Crippen LogP contribution >= 0.6 is 15.9 Å². The molecule has 4 nitrogen and oxygen atoms in total. The zero-order valence-electron chi connectivity index (χ0n) is 13.3. The summed E-state index contributed by atoms with van der Waals surface area (Å²) in [6.07, 6.45) is 0. The molecule has 0 saturated heterocycles. The number of ether oxygens (including phenoxy) is 1. The summed E-state index contributed by atoms with van der Waals surface area (Å²) in [7, 11) is -1.91. The van der Waals surface area contributed by atoms with Crippen LogP contribution in [0, 0.1) is 0 Å². The lowest BCUT2D eigenvalue weighted by Crippen LogP contribution is -2.36. The molecule has 0 heterocycles. The van der Waals surface area contributed by atoms with Crippen molar-refractivity contribution in [3.05, 3.63) is 58.6 Å². The first-order valence-electron chi connectivity index (χ1n) is 7.14. The lowest BCUT2D eigenvalue weighted by Gasteiger charge is -2.25. The van der Waals surface area contributed by atoms with Crippen LogP contribution in [0.4, 0.5) is 0 Å². The normalized spacial score (nSPS) is 12.2. The van der Waals surface area contributed by atoms with Crippen molar-refractivity contribution in [3.63, 3.8) is 0 Å². The van der Waals surface area contributed by atoms with E-state index >= 15 is 0 Å². The molecule has 0 aliphatic carbocycles. The van der Waals surface area contributed by atoms with E-state index in [-0.39, 0.29) is 10.3 Å². The number of benzene rings is 2. The van der Waals surface area contributed by atoms with Gasteiger partial charge in [0.1, 0.15) is 5.75 Å². The molecule has 0 amide bonds. The molecular formula is C17H20BrNO3S. The van der Waals surface area contributed by atoms with Crippen molar-refractivity contribution in [1.29, 1.82) is 0 Å². The van der Waals surface area contributed by atoms with Gasteiger partial charge in [0, 0.05) is 16.4 Å². The summed E-state index contributed by atoms with van der Waals surface area (Å²) in [5, 5.41) is 0. The fourth-order valence-electron chi connectivity index (χ4n) is 2.12. The maximum atomic E-state index is 12.4. The minimum Gasteiger partial charge on any atom is -0.497 e. The molecule has 0 radical (unpaired) electrons. The molecule has 23 heavy (non-hydrogen) atoms. The van der Waals surface area contributed by atoms with Crippen molar-refractivity contribution < 1.29 is 13.2 Å². The Morgan fingerprint density at radius 2 is 1.61 bits per heavy atom. The molecule has 2 aromatic rings. The smallest absolute Gasteiger partial charge is 0.240 e. The number of rotatable bonds is 6. The molecule has 1 N–H and O–H groups in total. The largest absolute Gasteiger partial charge is 0.497 e. The molecule has 0 fully saturated rings. The van der Waals surface area contributed by atoms with Gasteiger partial charge in [0.15, 0.2) is 0 Å². The summed E-state index contributed by atoms with van der Waals surface area (Å²) in [5.41, 5.74) is 0.700. The van der Waals surface area contributed by atoms with Crippen molar-refractivity contribution in [1.82, 2.24) is 4.72 Å². The summed E-state index contributed by atoms with van der Waals surface area (Å²) in [5.74, 6) is 0.778. The van der Waals surface area contributed by atoms with Gasteiger partial charge in [-0.15, -0.1) is 0 Å². The van der Waals surface area contributed by atoms with E-state index in [2.05, 4.69) is 20.7 Å². The molecule has 2 rings (SSSR count). The predicted octanol–water partition coefficient (Wildman–Crippen LogP) is 3.71. The van der Waals surface area contributed by atoms with Crippen molar-refractivity contribution >= 4 is 26.0 Å². The lowest BCUT2D eigenvalue weighted by atomic mass is 9.85. The number of nitrogens with one attached hydrogen (secondary N) is 1. The van der Waals surface area contributed by atoms with E-state index in [1.807, 2.05) is 38.1 Å². The number of hydrogen-bond acceptors (Lipinski definition) is 3. The van der Waals surface area contributed by atoms with Crippen LogP contribution < -0.4 is 9.46 Å². The van der Waals surface area contributed by atoms with E-state index in [0.717, 1.165) is 15.8 Å². The molecule has 0 aliphatic heterocycles. The Labute approximate surface area is 146 Å². The first kappa shape index (κ1) is 18.0. The third kappa shape index (κ3) is 4.56. The first-order chi connectivity index (χ1) is 10.7. The summed E-state index contributed by atoms with van der Waals surface area (Å²) in [6.45, 7) is 4.30. The van der Waals surface area contributed by atoms with Crippen LogP contribution in [-0.2, 0) is 15.4 Å². The van der Waals surface area contributed by atoms with Crippen molar-refractivity contribution in [2.75, 3.05) is 13.7 Å². The van der Waals surface area contributed by atoms with Crippen LogP contribution in [0.25, 0.3) is 0 Å². The Morgan fingerprint density at radius 3 is 2.13 bits per heavy atom. The van der Waals surface area contributed by atoms with Gasteiger partial charge in [0.05, 0.1) is 12.0 Å². The number of halogens is 1. The molecule has 0 spiro atoms. The summed E-state index contributed by atoms with van der Waals surface area (Å²) in [6, 6.07) is 14.2. The van der Waals surface area contributed by atoms with Gasteiger partial charge in [-0.05, 0) is 42.0 Å². The van der Waals surface area contributed by atoms with Gasteiger partial charge in [0.25, 0.3) is 0 Å². The lowest BCUT2D eigenvalue weighted by molar-refractivity contribution is 0.414. The zero-order valence-corrected chi connectivity index (χ0v) is 15.7. The second-order valence-corrected chi connectivity index (χ2v) is 8.57. The topological polar surface area (TPSA) is 55.4 Å². The van der Waals surface area contributed by atoms with Crippen LogP contribution in [0.5, 0.6) is 5.75 Å². The van der Waals surface area contributed by atoms with Gasteiger partial charge >= 0.3 is 0 Å². The van der Waals surface area contributed by atoms with E-state index in [1.54, 1.807) is 31.4 Å². The number of hydrogen-bond donors (Lipinski definition) is 1. The molecule has 0 atom stereocenters. The SMILES string of the molecule is COc1ccc(C(C)(C)CNS(=O)(=O)c2ccc(Br)cc2)cc1. The fraction of sp³-hybridized carbons (Fsp3) is 0.294. The van der Waals surface area contributed by atoms with Crippen LogP contribution in [0.1, 0.15) is 19.4 Å². The second-order valence-electron chi connectivity index (χ2n) is 5.89. The van der Waals surface area contributed by atoms with Crippen molar-refractivity contribution in [2.45, 2.75) is 24.2 Å². The second kappa shape index (κ2) is 7.03. The molecule has 0 bridgehead atoms. The van der Waals surface area contributed by atoms with E-state index in [4.69, 9.17) is 4.74 Å². The summed E-state index contributed by atoms with van der Waals surface area (Å²) < 4.78 is 33.4. The minimum atomic E-state index is -3.53. The zero-order chi connectivity index (χ0) is 17.1. The fourth-order valence-corrected chi connectivity index (χ4v) is 3.59. The highest BCUT2D eigenvalue weighted by atomic mass is 79.9. The Bertz CT molecular complexity index is 753. The van der Waals surface area contributed by atoms with Crippen molar-refractivity contribution in [3.8, 4) is 5.75 Å². The monoisotopic (exact) mass is 397 g/mol. The maximum Gasteiger partial charge on any atom is 0.240 e. The Kier molecular flexibility index (Phi) is 5.49. The molecule has 0 aromatic heterocycles. The van der Waals surface area contributed by atoms with Crippen LogP contribution in [-0.4, -0.2) is 22.1 Å². The molecular weight excluding hydrogens is 378 g/mol. The predicted molar refractivity (Wildman–Crippen MR) is 95.4 cm³/mol. The molecule has 124 valence electrons. The molecule has 6 heteroatoms. The highest BCUT2D eigenvalue weighted by molar-refractivity contribution is 9.10. The van der Waals surface area contributed by atoms with Crippen LogP contribution in [0.3, 0.4) is 0 Å². The Morgan fingerprint density at radius 1 is 1.04 bits per heavy atom. The number of sulfonamides is 1. The van der Waals surface area contributed by atoms with Gasteiger partial charge in [-0.3, -0.25) is 0 Å². The quantitative estimate of drug-likeness (QED) is 0.807. The Balaban J connectivity index is 2.12. The van der Waals surface area contributed by atoms with Crippen molar-refractivity contribution in [2.24, 2.45) is 0 Å². The molecule has 2 aromatic carbocycles. The summed E-state index contributed by atoms with van der Waals surface area (Å²) >= 11 is 3.30. The highest BCUT2D eigenvalue weighted by Gasteiger charge is 2.24. The van der Waals surface area contributed by atoms with E-state index in [9.17, 15) is 8.42 Å². The number of methoxy groups -OCH3 is 1. The van der Waals surface area contributed by atoms with Crippen LogP contribution in [0.2, 0.25) is 0 Å². The van der Waals surface area contributed by atoms with Gasteiger partial charge < -0.3 is 4.74 Å². The summed E-state index contributed by atoms with van der Waals surface area (Å²) in [4.78, 5) is 0.256. The van der Waals surface area contributed by atoms with Gasteiger partial charge in [-0.2, -0.15) is 0 Å². The van der Waals surface area contributed by atoms with Gasteiger partial charge in [0.2, 0.25) is 10.0 Å². The van der Waals surface area contributed by atoms with E-state index in [1.165, 1.54) is 0 Å². The average molecular weight is 398 g/mol.